The summed E-state index contributed by atoms with van der Waals surface area (Å²) in [5.41, 5.74) is 4.88. The Hall–Kier alpha value is -1.57. The first-order valence-electron chi connectivity index (χ1n) is 6.54. The SMILES string of the molecule is CCn1c(C)c(C)c2c1=CC=C(C(C)=O)CC=2C. The maximum atomic E-state index is 11.6. The lowest BCUT2D eigenvalue weighted by Gasteiger charge is -2.03. The maximum absolute atomic E-state index is 11.6. The maximum Gasteiger partial charge on any atom is 0.156 e. The van der Waals surface area contributed by atoms with E-state index in [0.29, 0.717) is 0 Å². The smallest absolute Gasteiger partial charge is 0.156 e. The van der Waals surface area contributed by atoms with Gasteiger partial charge in [-0.25, -0.2) is 0 Å². The molecule has 0 unspecified atom stereocenters. The molecule has 0 fully saturated rings. The molecule has 0 spiro atoms. The van der Waals surface area contributed by atoms with E-state index in [-0.39, 0.29) is 5.78 Å². The molecular formula is C16H21NO. The van der Waals surface area contributed by atoms with Gasteiger partial charge in [-0.2, -0.15) is 0 Å². The van der Waals surface area contributed by atoms with Crippen LogP contribution in [0.4, 0.5) is 0 Å². The molecular weight excluding hydrogens is 222 g/mol. The van der Waals surface area contributed by atoms with Crippen molar-refractivity contribution >= 4 is 17.4 Å². The van der Waals surface area contributed by atoms with Gasteiger partial charge in [0.1, 0.15) is 0 Å². The zero-order chi connectivity index (χ0) is 13.4. The van der Waals surface area contributed by atoms with Gasteiger partial charge in [0, 0.05) is 22.8 Å². The number of nitrogens with zero attached hydrogens (tertiary/aromatic N) is 1. The van der Waals surface area contributed by atoms with Crippen LogP contribution in [0.15, 0.2) is 11.6 Å². The van der Waals surface area contributed by atoms with E-state index in [1.807, 2.05) is 6.08 Å². The minimum absolute atomic E-state index is 0.174. The van der Waals surface area contributed by atoms with E-state index in [0.717, 1.165) is 18.5 Å². The number of carbonyl (C=O) groups is 1. The number of carbonyl (C=O) groups excluding carboxylic acids is 1. The summed E-state index contributed by atoms with van der Waals surface area (Å²) in [7, 11) is 0. The number of hydrogen-bond donors (Lipinski definition) is 0. The van der Waals surface area contributed by atoms with Gasteiger partial charge in [0.05, 0.1) is 0 Å². The average molecular weight is 243 g/mol. The molecule has 1 aromatic rings. The lowest BCUT2D eigenvalue weighted by atomic mass is 10.0. The topological polar surface area (TPSA) is 22.0 Å². The quantitative estimate of drug-likeness (QED) is 0.778. The highest BCUT2D eigenvalue weighted by atomic mass is 16.1. The number of rotatable bonds is 2. The monoisotopic (exact) mass is 243 g/mol. The molecule has 2 rings (SSSR count). The number of ketones is 1. The third-order valence-electron chi connectivity index (χ3n) is 3.96. The van der Waals surface area contributed by atoms with Crippen LogP contribution in [0.2, 0.25) is 0 Å². The molecule has 1 aromatic heterocycles. The van der Waals surface area contributed by atoms with Crippen molar-refractivity contribution in [3.05, 3.63) is 33.5 Å². The minimum atomic E-state index is 0.174. The van der Waals surface area contributed by atoms with Crippen molar-refractivity contribution in [1.29, 1.82) is 0 Å². The van der Waals surface area contributed by atoms with E-state index >= 15 is 0 Å². The van der Waals surface area contributed by atoms with Crippen molar-refractivity contribution in [1.82, 2.24) is 4.57 Å². The Balaban J connectivity index is 2.84. The summed E-state index contributed by atoms with van der Waals surface area (Å²) in [4.78, 5) is 11.6. The summed E-state index contributed by atoms with van der Waals surface area (Å²) in [6.45, 7) is 11.3. The fourth-order valence-corrected chi connectivity index (χ4v) is 2.86. The van der Waals surface area contributed by atoms with Gasteiger partial charge < -0.3 is 4.57 Å². The van der Waals surface area contributed by atoms with Gasteiger partial charge in [-0.15, -0.1) is 0 Å². The van der Waals surface area contributed by atoms with Gasteiger partial charge in [-0.05, 0) is 58.3 Å². The van der Waals surface area contributed by atoms with Crippen LogP contribution in [-0.2, 0) is 11.3 Å². The van der Waals surface area contributed by atoms with Gasteiger partial charge in [-0.3, -0.25) is 4.79 Å². The molecule has 0 saturated carbocycles. The molecule has 0 amide bonds. The second-order valence-electron chi connectivity index (χ2n) is 5.09. The number of fused-ring (bicyclic) bond motifs is 1. The van der Waals surface area contributed by atoms with Crippen LogP contribution in [-0.4, -0.2) is 10.4 Å². The minimum Gasteiger partial charge on any atom is -0.345 e. The molecule has 0 N–H and O–H groups in total. The van der Waals surface area contributed by atoms with E-state index in [4.69, 9.17) is 0 Å². The van der Waals surface area contributed by atoms with E-state index < -0.39 is 0 Å². The van der Waals surface area contributed by atoms with Gasteiger partial charge in [0.15, 0.2) is 5.78 Å². The molecule has 1 aliphatic rings. The molecule has 0 bridgehead atoms. The third kappa shape index (κ3) is 1.86. The molecule has 0 atom stereocenters. The highest BCUT2D eigenvalue weighted by molar-refractivity contribution is 5.96. The Morgan fingerprint density at radius 2 is 1.94 bits per heavy atom. The Morgan fingerprint density at radius 3 is 2.50 bits per heavy atom. The Bertz CT molecular complexity index is 656. The Morgan fingerprint density at radius 1 is 1.28 bits per heavy atom. The molecule has 0 saturated heterocycles. The van der Waals surface area contributed by atoms with Crippen LogP contribution in [0, 0.1) is 13.8 Å². The summed E-state index contributed by atoms with van der Waals surface area (Å²) in [5.74, 6) is 0.174. The molecule has 96 valence electrons. The predicted octanol–water partition coefficient (Wildman–Crippen LogP) is 2.00. The van der Waals surface area contributed by atoms with Crippen molar-refractivity contribution in [2.24, 2.45) is 0 Å². The fourth-order valence-electron chi connectivity index (χ4n) is 2.86. The van der Waals surface area contributed by atoms with Crippen LogP contribution >= 0.6 is 0 Å². The lowest BCUT2D eigenvalue weighted by molar-refractivity contribution is -0.113. The number of hydrogen-bond acceptors (Lipinski definition) is 1. The standard InChI is InChI=1S/C16H21NO/c1-6-17-12(4)11(3)16-10(2)9-14(13(5)18)7-8-15(16)17/h7-8H,6,9H2,1-5H3. The molecule has 0 aliphatic heterocycles. The fraction of sp³-hybridized carbons (Fsp3) is 0.438. The molecule has 18 heavy (non-hydrogen) atoms. The summed E-state index contributed by atoms with van der Waals surface area (Å²) in [6.07, 6.45) is 4.86. The molecule has 0 radical (unpaired) electrons. The largest absolute Gasteiger partial charge is 0.345 e. The molecule has 2 nitrogen and oxygen atoms in total. The molecule has 1 heterocycles. The lowest BCUT2D eigenvalue weighted by Crippen LogP contribution is -2.30. The first-order valence-corrected chi connectivity index (χ1v) is 6.54. The van der Waals surface area contributed by atoms with Crippen LogP contribution in [0.25, 0.3) is 11.6 Å². The Kier molecular flexibility index (Phi) is 3.29. The van der Waals surface area contributed by atoms with Gasteiger partial charge in [0.2, 0.25) is 0 Å². The second-order valence-corrected chi connectivity index (χ2v) is 5.09. The van der Waals surface area contributed by atoms with Crippen molar-refractivity contribution < 1.29 is 4.79 Å². The molecule has 1 aliphatic carbocycles. The zero-order valence-electron chi connectivity index (χ0n) is 11.9. The summed E-state index contributed by atoms with van der Waals surface area (Å²) in [5, 5.41) is 2.59. The first kappa shape index (κ1) is 12.9. The second kappa shape index (κ2) is 4.60. The zero-order valence-corrected chi connectivity index (χ0v) is 11.9. The highest BCUT2D eigenvalue weighted by Crippen LogP contribution is 2.14. The summed E-state index contributed by atoms with van der Waals surface area (Å²) < 4.78 is 2.33. The van der Waals surface area contributed by atoms with Crippen LogP contribution in [0.5, 0.6) is 0 Å². The van der Waals surface area contributed by atoms with E-state index in [1.165, 1.54) is 27.4 Å². The van der Waals surface area contributed by atoms with Gasteiger partial charge >= 0.3 is 0 Å². The summed E-state index contributed by atoms with van der Waals surface area (Å²) in [6, 6.07) is 0. The normalized spacial score (nSPS) is 14.7. The van der Waals surface area contributed by atoms with Crippen LogP contribution < -0.4 is 10.6 Å². The number of allylic oxidation sites excluding steroid dienone is 2. The van der Waals surface area contributed by atoms with Gasteiger partial charge in [-0.1, -0.05) is 11.6 Å². The van der Waals surface area contributed by atoms with Crippen LogP contribution in [0.3, 0.4) is 0 Å². The van der Waals surface area contributed by atoms with E-state index in [9.17, 15) is 4.79 Å². The Labute approximate surface area is 108 Å². The van der Waals surface area contributed by atoms with E-state index in [1.54, 1.807) is 6.92 Å². The first-order chi connectivity index (χ1) is 8.47. The van der Waals surface area contributed by atoms with Crippen molar-refractivity contribution in [2.75, 3.05) is 0 Å². The highest BCUT2D eigenvalue weighted by Gasteiger charge is 2.13. The molecule has 2 heteroatoms. The molecule has 0 aromatic carbocycles. The number of aromatic nitrogens is 1. The van der Waals surface area contributed by atoms with Crippen molar-refractivity contribution in [2.45, 2.75) is 47.6 Å². The average Bonchev–Trinajstić information content (AvgIpc) is 2.47. The van der Waals surface area contributed by atoms with Crippen LogP contribution in [0.1, 0.15) is 38.4 Å². The predicted molar refractivity (Wildman–Crippen MR) is 75.8 cm³/mol. The van der Waals surface area contributed by atoms with Gasteiger partial charge in [0.25, 0.3) is 0 Å². The van der Waals surface area contributed by atoms with Crippen molar-refractivity contribution in [3.63, 3.8) is 0 Å². The summed E-state index contributed by atoms with van der Waals surface area (Å²) >= 11 is 0. The third-order valence-corrected chi connectivity index (χ3v) is 3.96. The number of Topliss-reactive ketones (excluding diaryl/α,β-unsaturated/α-hetero) is 1. The van der Waals surface area contributed by atoms with E-state index in [2.05, 4.69) is 38.3 Å². The van der Waals surface area contributed by atoms with Crippen molar-refractivity contribution in [3.8, 4) is 0 Å².